The van der Waals surface area contributed by atoms with Crippen LogP contribution in [0, 0.1) is 12.8 Å². The first-order chi connectivity index (χ1) is 8.39. The Labute approximate surface area is 110 Å². The van der Waals surface area contributed by atoms with Gasteiger partial charge in [-0.1, -0.05) is 38.5 Å². The highest BCUT2D eigenvalue weighted by atomic mass is 32.2. The van der Waals surface area contributed by atoms with Crippen LogP contribution in [0.1, 0.15) is 32.8 Å². The topological polar surface area (TPSA) is 37.1 Å². The number of sulfonamides is 1. The summed E-state index contributed by atoms with van der Waals surface area (Å²) in [5, 5.41) is 0. The van der Waals surface area contributed by atoms with Gasteiger partial charge in [-0.05, 0) is 31.4 Å². The Morgan fingerprint density at radius 2 is 1.78 bits per heavy atom. The average molecular weight is 267 g/mol. The molecule has 1 aromatic rings. The molecule has 18 heavy (non-hydrogen) atoms. The van der Waals surface area contributed by atoms with Crippen molar-refractivity contribution >= 4 is 10.0 Å². The number of rotatable bonds is 4. The van der Waals surface area contributed by atoms with Gasteiger partial charge in [-0.25, -0.2) is 8.42 Å². The van der Waals surface area contributed by atoms with Crippen molar-refractivity contribution in [3.8, 4) is 0 Å². The van der Waals surface area contributed by atoms with E-state index in [1.807, 2.05) is 26.0 Å². The van der Waals surface area contributed by atoms with E-state index in [2.05, 4.69) is 13.8 Å². The molecule has 1 aromatic carbocycles. The molecule has 3 atom stereocenters. The average Bonchev–Trinajstić information content (AvgIpc) is 3.04. The van der Waals surface area contributed by atoms with Crippen molar-refractivity contribution in [2.45, 2.75) is 51.1 Å². The molecular formula is C14H21NO2S. The Bertz CT molecular complexity index is 519. The van der Waals surface area contributed by atoms with Gasteiger partial charge in [0, 0.05) is 12.1 Å². The Hall–Kier alpha value is -0.870. The molecule has 1 aliphatic heterocycles. The summed E-state index contributed by atoms with van der Waals surface area (Å²) in [5.74, 6) is 0.371. The lowest BCUT2D eigenvalue weighted by Crippen LogP contribution is -2.17. The number of aryl methyl sites for hydroxylation is 1. The molecule has 1 heterocycles. The lowest BCUT2D eigenvalue weighted by Gasteiger charge is -2.08. The molecule has 2 rings (SSSR count). The minimum Gasteiger partial charge on any atom is -0.207 e. The van der Waals surface area contributed by atoms with Gasteiger partial charge >= 0.3 is 0 Å². The van der Waals surface area contributed by atoms with Crippen LogP contribution in [-0.4, -0.2) is 24.8 Å². The maximum atomic E-state index is 12.5. The van der Waals surface area contributed by atoms with Crippen LogP contribution < -0.4 is 0 Å². The predicted octanol–water partition coefficient (Wildman–Crippen LogP) is 2.80. The van der Waals surface area contributed by atoms with Crippen molar-refractivity contribution in [1.82, 2.24) is 4.31 Å². The first-order valence-electron chi connectivity index (χ1n) is 6.49. The fourth-order valence-electron chi connectivity index (χ4n) is 2.61. The molecule has 3 nitrogen and oxygen atoms in total. The first kappa shape index (κ1) is 13.6. The fourth-order valence-corrected chi connectivity index (χ4v) is 4.61. The molecule has 1 fully saturated rings. The molecule has 1 saturated heterocycles. The molecule has 0 amide bonds. The van der Waals surface area contributed by atoms with Gasteiger partial charge < -0.3 is 0 Å². The van der Waals surface area contributed by atoms with Gasteiger partial charge in [0.15, 0.2) is 0 Å². The molecule has 1 unspecified atom stereocenters. The third-order valence-electron chi connectivity index (χ3n) is 3.62. The van der Waals surface area contributed by atoms with Crippen molar-refractivity contribution in [3.63, 3.8) is 0 Å². The number of nitrogens with zero attached hydrogens (tertiary/aromatic N) is 1. The van der Waals surface area contributed by atoms with Crippen LogP contribution in [0.4, 0.5) is 0 Å². The standard InChI is InChI=1S/C14H21NO2S/c1-5-13-14(10(2)3)15(13)18(16,17)12-8-6-11(4)7-9-12/h6-10,13-14H,5H2,1-4H3/t13-,14+,15?/m1/s1. The van der Waals surface area contributed by atoms with Crippen LogP contribution >= 0.6 is 0 Å². The molecule has 0 saturated carbocycles. The summed E-state index contributed by atoms with van der Waals surface area (Å²) in [4.78, 5) is 0.412. The highest BCUT2D eigenvalue weighted by Crippen LogP contribution is 2.41. The van der Waals surface area contributed by atoms with E-state index < -0.39 is 10.0 Å². The van der Waals surface area contributed by atoms with Crippen LogP contribution in [0.25, 0.3) is 0 Å². The highest BCUT2D eigenvalue weighted by Gasteiger charge is 2.55. The molecule has 4 heteroatoms. The highest BCUT2D eigenvalue weighted by molar-refractivity contribution is 7.89. The SMILES string of the molecule is CC[C@@H]1[C@H](C(C)C)N1S(=O)(=O)c1ccc(C)cc1. The van der Waals surface area contributed by atoms with Gasteiger partial charge in [-0.2, -0.15) is 4.31 Å². The van der Waals surface area contributed by atoms with E-state index in [4.69, 9.17) is 0 Å². The molecule has 0 N–H and O–H groups in total. The Morgan fingerprint density at radius 1 is 1.22 bits per heavy atom. The molecular weight excluding hydrogens is 246 g/mol. The summed E-state index contributed by atoms with van der Waals surface area (Å²) < 4.78 is 26.7. The maximum Gasteiger partial charge on any atom is 0.243 e. The van der Waals surface area contributed by atoms with E-state index in [1.165, 1.54) is 0 Å². The van der Waals surface area contributed by atoms with E-state index >= 15 is 0 Å². The summed E-state index contributed by atoms with van der Waals surface area (Å²) in [6.07, 6.45) is 0.883. The van der Waals surface area contributed by atoms with Crippen LogP contribution in [0.15, 0.2) is 29.2 Å². The molecule has 1 aliphatic rings. The minimum atomic E-state index is -3.30. The van der Waals surface area contributed by atoms with Crippen molar-refractivity contribution < 1.29 is 8.42 Å². The lowest BCUT2D eigenvalue weighted by atomic mass is 10.1. The molecule has 0 radical (unpaired) electrons. The van der Waals surface area contributed by atoms with Crippen LogP contribution in [0.2, 0.25) is 0 Å². The molecule has 0 aliphatic carbocycles. The third-order valence-corrected chi connectivity index (χ3v) is 5.56. The number of benzene rings is 1. The number of hydrogen-bond acceptors (Lipinski definition) is 2. The van der Waals surface area contributed by atoms with E-state index in [-0.39, 0.29) is 12.1 Å². The predicted molar refractivity (Wildman–Crippen MR) is 72.9 cm³/mol. The zero-order chi connectivity index (χ0) is 13.5. The van der Waals surface area contributed by atoms with Crippen LogP contribution in [0.5, 0.6) is 0 Å². The molecule has 0 spiro atoms. The van der Waals surface area contributed by atoms with E-state index in [9.17, 15) is 8.42 Å². The minimum absolute atomic E-state index is 0.168. The van der Waals surface area contributed by atoms with Gasteiger partial charge in [-0.15, -0.1) is 0 Å². The van der Waals surface area contributed by atoms with Crippen molar-refractivity contribution in [1.29, 1.82) is 0 Å². The summed E-state index contributed by atoms with van der Waals surface area (Å²) in [5.41, 5.74) is 1.08. The maximum absolute atomic E-state index is 12.5. The Balaban J connectivity index is 2.30. The first-order valence-corrected chi connectivity index (χ1v) is 7.93. The van der Waals surface area contributed by atoms with Gasteiger partial charge in [-0.3, -0.25) is 0 Å². The second kappa shape index (κ2) is 4.67. The zero-order valence-corrected chi connectivity index (χ0v) is 12.2. The van der Waals surface area contributed by atoms with Gasteiger partial charge in [0.2, 0.25) is 10.0 Å². The Kier molecular flexibility index (Phi) is 3.52. The van der Waals surface area contributed by atoms with Crippen LogP contribution in [0.3, 0.4) is 0 Å². The molecule has 0 aromatic heterocycles. The summed E-state index contributed by atoms with van der Waals surface area (Å²) >= 11 is 0. The van der Waals surface area contributed by atoms with Gasteiger partial charge in [0.25, 0.3) is 0 Å². The van der Waals surface area contributed by atoms with Crippen molar-refractivity contribution in [2.24, 2.45) is 5.92 Å². The van der Waals surface area contributed by atoms with Crippen molar-refractivity contribution in [2.75, 3.05) is 0 Å². The van der Waals surface area contributed by atoms with Gasteiger partial charge in [0.1, 0.15) is 0 Å². The monoisotopic (exact) mass is 267 g/mol. The van der Waals surface area contributed by atoms with E-state index in [0.717, 1.165) is 12.0 Å². The molecule has 0 bridgehead atoms. The smallest absolute Gasteiger partial charge is 0.207 e. The lowest BCUT2D eigenvalue weighted by molar-refractivity contribution is 0.516. The Morgan fingerprint density at radius 3 is 2.17 bits per heavy atom. The fraction of sp³-hybridized carbons (Fsp3) is 0.571. The zero-order valence-electron chi connectivity index (χ0n) is 11.4. The normalized spacial score (nSPS) is 27.5. The summed E-state index contributed by atoms with van der Waals surface area (Å²) in [6, 6.07) is 7.45. The quantitative estimate of drug-likeness (QED) is 0.787. The summed E-state index contributed by atoms with van der Waals surface area (Å²) in [6.45, 7) is 8.17. The number of hydrogen-bond donors (Lipinski definition) is 0. The van der Waals surface area contributed by atoms with Crippen LogP contribution in [-0.2, 0) is 10.0 Å². The largest absolute Gasteiger partial charge is 0.243 e. The van der Waals surface area contributed by atoms with E-state index in [1.54, 1.807) is 16.4 Å². The second-order valence-corrected chi connectivity index (χ2v) is 7.20. The summed E-state index contributed by atoms with van der Waals surface area (Å²) in [7, 11) is -3.30. The van der Waals surface area contributed by atoms with Gasteiger partial charge in [0.05, 0.1) is 4.90 Å². The van der Waals surface area contributed by atoms with Crippen molar-refractivity contribution in [3.05, 3.63) is 29.8 Å². The van der Waals surface area contributed by atoms with E-state index in [0.29, 0.717) is 10.8 Å². The second-order valence-electron chi connectivity index (χ2n) is 5.36. The third kappa shape index (κ3) is 2.19. The molecule has 100 valence electrons.